The highest BCUT2D eigenvalue weighted by Gasteiger charge is 2.50. The summed E-state index contributed by atoms with van der Waals surface area (Å²) in [6.45, 7) is 3.65. The summed E-state index contributed by atoms with van der Waals surface area (Å²) in [5, 5.41) is 9.95. The first-order valence-corrected chi connectivity index (χ1v) is 7.24. The molecule has 0 bridgehead atoms. The van der Waals surface area contributed by atoms with Crippen LogP contribution in [0, 0.1) is 0 Å². The van der Waals surface area contributed by atoms with Gasteiger partial charge in [0.15, 0.2) is 5.79 Å². The van der Waals surface area contributed by atoms with Gasteiger partial charge >= 0.3 is 5.97 Å². The molecule has 1 aliphatic heterocycles. The largest absolute Gasteiger partial charge is 0.456 e. The van der Waals surface area contributed by atoms with Gasteiger partial charge in [0, 0.05) is 12.8 Å². The van der Waals surface area contributed by atoms with Gasteiger partial charge in [-0.3, -0.25) is 0 Å². The van der Waals surface area contributed by atoms with Gasteiger partial charge in [0.25, 0.3) is 0 Å². The second-order valence-electron chi connectivity index (χ2n) is 6.07. The lowest BCUT2D eigenvalue weighted by Crippen LogP contribution is -2.46. The van der Waals surface area contributed by atoms with Crippen LogP contribution in [0.4, 0.5) is 0 Å². The standard InChI is InChI=1S/C16H20O5/c1-16(2)20-13-9-11(17)8-12(14(13)21-16)19-15(18)10-6-4-3-5-7-10/h3-7,11-14,17H,8-9H2,1-2H3/t11-,12+,13+,14-/m0/s1. The maximum absolute atomic E-state index is 12.2. The van der Waals surface area contributed by atoms with Crippen LogP contribution in [0.25, 0.3) is 0 Å². The van der Waals surface area contributed by atoms with E-state index in [9.17, 15) is 9.90 Å². The number of aliphatic hydroxyl groups is 1. The summed E-state index contributed by atoms with van der Waals surface area (Å²) in [6.07, 6.45) is -0.717. The minimum Gasteiger partial charge on any atom is -0.456 e. The van der Waals surface area contributed by atoms with Crippen LogP contribution >= 0.6 is 0 Å². The van der Waals surface area contributed by atoms with Gasteiger partial charge in [0.05, 0.1) is 17.8 Å². The summed E-state index contributed by atoms with van der Waals surface area (Å²) in [6, 6.07) is 8.82. The van der Waals surface area contributed by atoms with E-state index in [1.54, 1.807) is 24.3 Å². The third-order valence-corrected chi connectivity index (χ3v) is 3.86. The Labute approximate surface area is 123 Å². The van der Waals surface area contributed by atoms with Crippen molar-refractivity contribution >= 4 is 5.97 Å². The number of benzene rings is 1. The van der Waals surface area contributed by atoms with Crippen LogP contribution < -0.4 is 0 Å². The molecule has 0 aromatic heterocycles. The first kappa shape index (κ1) is 14.5. The number of hydrogen-bond acceptors (Lipinski definition) is 5. The molecule has 5 heteroatoms. The summed E-state index contributed by atoms with van der Waals surface area (Å²) in [4.78, 5) is 12.2. The van der Waals surface area contributed by atoms with Crippen LogP contribution in [0.15, 0.2) is 30.3 Å². The Balaban J connectivity index is 1.73. The molecule has 114 valence electrons. The van der Waals surface area contributed by atoms with Crippen LogP contribution in [0.2, 0.25) is 0 Å². The molecule has 0 spiro atoms. The Kier molecular flexibility index (Phi) is 3.73. The molecule has 21 heavy (non-hydrogen) atoms. The summed E-state index contributed by atoms with van der Waals surface area (Å²) >= 11 is 0. The van der Waals surface area contributed by atoms with Crippen molar-refractivity contribution in [2.45, 2.75) is 56.9 Å². The highest BCUT2D eigenvalue weighted by molar-refractivity contribution is 5.89. The number of esters is 1. The minimum absolute atomic E-state index is 0.239. The van der Waals surface area contributed by atoms with Gasteiger partial charge in [0.1, 0.15) is 12.2 Å². The molecule has 4 atom stereocenters. The lowest BCUT2D eigenvalue weighted by atomic mass is 9.90. The third-order valence-electron chi connectivity index (χ3n) is 3.86. The van der Waals surface area contributed by atoms with E-state index in [4.69, 9.17) is 14.2 Å². The summed E-state index contributed by atoms with van der Waals surface area (Å²) < 4.78 is 17.2. The van der Waals surface area contributed by atoms with Gasteiger partial charge < -0.3 is 19.3 Å². The normalized spacial score (nSPS) is 34.2. The van der Waals surface area contributed by atoms with Crippen LogP contribution in [-0.2, 0) is 14.2 Å². The SMILES string of the molecule is CC1(C)O[C@H]2[C@H](OC(=O)c3ccccc3)C[C@H](O)C[C@H]2O1. The molecule has 1 N–H and O–H groups in total. The minimum atomic E-state index is -0.712. The summed E-state index contributed by atoms with van der Waals surface area (Å²) in [5.74, 6) is -1.11. The Morgan fingerprint density at radius 1 is 1.24 bits per heavy atom. The maximum Gasteiger partial charge on any atom is 0.338 e. The van der Waals surface area contributed by atoms with Crippen LogP contribution in [0.3, 0.4) is 0 Å². The van der Waals surface area contributed by atoms with Crippen LogP contribution in [0.1, 0.15) is 37.0 Å². The molecule has 0 radical (unpaired) electrons. The summed E-state index contributed by atoms with van der Waals surface area (Å²) in [7, 11) is 0. The zero-order valence-electron chi connectivity index (χ0n) is 12.2. The third kappa shape index (κ3) is 3.10. The van der Waals surface area contributed by atoms with E-state index >= 15 is 0 Å². The van der Waals surface area contributed by atoms with Crippen molar-refractivity contribution in [1.29, 1.82) is 0 Å². The monoisotopic (exact) mass is 292 g/mol. The van der Waals surface area contributed by atoms with Crippen molar-refractivity contribution in [2.75, 3.05) is 0 Å². The zero-order chi connectivity index (χ0) is 15.0. The van der Waals surface area contributed by atoms with E-state index in [1.165, 1.54) is 0 Å². The lowest BCUT2D eigenvalue weighted by molar-refractivity contribution is -0.154. The van der Waals surface area contributed by atoms with Gasteiger partial charge in [0.2, 0.25) is 0 Å². The van der Waals surface area contributed by atoms with Crippen LogP contribution in [-0.4, -0.2) is 41.3 Å². The highest BCUT2D eigenvalue weighted by atomic mass is 16.8. The number of rotatable bonds is 2. The zero-order valence-corrected chi connectivity index (χ0v) is 12.2. The summed E-state index contributed by atoms with van der Waals surface area (Å²) in [5.41, 5.74) is 0.493. The smallest absolute Gasteiger partial charge is 0.338 e. The molecule has 1 aromatic rings. The van der Waals surface area contributed by atoms with Crippen molar-refractivity contribution in [3.05, 3.63) is 35.9 Å². The van der Waals surface area contributed by atoms with Gasteiger partial charge in [-0.1, -0.05) is 18.2 Å². The fourth-order valence-corrected chi connectivity index (χ4v) is 3.02. The Bertz CT molecular complexity index is 513. The molecule has 1 aromatic carbocycles. The molecule has 2 fully saturated rings. The fraction of sp³-hybridized carbons (Fsp3) is 0.562. The number of carbonyl (C=O) groups is 1. The van der Waals surface area contributed by atoms with Crippen molar-refractivity contribution in [3.8, 4) is 0 Å². The molecule has 1 saturated heterocycles. The number of hydrogen-bond donors (Lipinski definition) is 1. The first-order valence-electron chi connectivity index (χ1n) is 7.24. The molecule has 5 nitrogen and oxygen atoms in total. The molecule has 1 saturated carbocycles. The average molecular weight is 292 g/mol. The second kappa shape index (κ2) is 5.40. The Morgan fingerprint density at radius 2 is 1.95 bits per heavy atom. The average Bonchev–Trinajstić information content (AvgIpc) is 2.74. The van der Waals surface area contributed by atoms with Crippen molar-refractivity contribution < 1.29 is 24.1 Å². The maximum atomic E-state index is 12.2. The molecule has 1 aliphatic carbocycles. The van der Waals surface area contributed by atoms with E-state index in [2.05, 4.69) is 0 Å². The van der Waals surface area contributed by atoms with Gasteiger partial charge in [-0.2, -0.15) is 0 Å². The van der Waals surface area contributed by atoms with Crippen molar-refractivity contribution in [3.63, 3.8) is 0 Å². The number of carbonyl (C=O) groups excluding carboxylic acids is 1. The molecule has 0 amide bonds. The molecule has 3 rings (SSSR count). The van der Waals surface area contributed by atoms with E-state index in [-0.39, 0.29) is 12.2 Å². The Hall–Kier alpha value is -1.43. The van der Waals surface area contributed by atoms with Crippen molar-refractivity contribution in [1.82, 2.24) is 0 Å². The second-order valence-corrected chi connectivity index (χ2v) is 6.07. The molecular formula is C16H20O5. The van der Waals surface area contributed by atoms with Gasteiger partial charge in [-0.05, 0) is 26.0 Å². The predicted molar refractivity (Wildman–Crippen MR) is 74.7 cm³/mol. The van der Waals surface area contributed by atoms with E-state index < -0.39 is 24.0 Å². The lowest BCUT2D eigenvalue weighted by Gasteiger charge is -2.33. The fourth-order valence-electron chi connectivity index (χ4n) is 3.02. The van der Waals surface area contributed by atoms with Gasteiger partial charge in [-0.25, -0.2) is 4.79 Å². The van der Waals surface area contributed by atoms with Crippen molar-refractivity contribution in [2.24, 2.45) is 0 Å². The number of ether oxygens (including phenoxy) is 3. The first-order chi connectivity index (χ1) is 9.94. The predicted octanol–water partition coefficient (Wildman–Crippen LogP) is 1.89. The topological polar surface area (TPSA) is 65.0 Å². The molecular weight excluding hydrogens is 272 g/mol. The molecule has 2 aliphatic rings. The quantitative estimate of drug-likeness (QED) is 0.843. The van der Waals surface area contributed by atoms with E-state index in [0.29, 0.717) is 18.4 Å². The Morgan fingerprint density at radius 3 is 2.67 bits per heavy atom. The number of fused-ring (bicyclic) bond motifs is 1. The van der Waals surface area contributed by atoms with E-state index in [1.807, 2.05) is 19.9 Å². The molecule has 0 unspecified atom stereocenters. The highest BCUT2D eigenvalue weighted by Crippen LogP contribution is 2.38. The molecule has 1 heterocycles. The van der Waals surface area contributed by atoms with E-state index in [0.717, 1.165) is 0 Å². The number of aliphatic hydroxyl groups excluding tert-OH is 1. The van der Waals surface area contributed by atoms with Crippen LogP contribution in [0.5, 0.6) is 0 Å². The van der Waals surface area contributed by atoms with Gasteiger partial charge in [-0.15, -0.1) is 0 Å².